The second kappa shape index (κ2) is 5.89. The SMILES string of the molecule is CC(Nc1nc(C(C)(C)C)ns1)c1ccc(CN)cc1. The minimum absolute atomic E-state index is 0.0115. The Morgan fingerprint density at radius 2 is 1.90 bits per heavy atom. The van der Waals surface area contributed by atoms with Crippen LogP contribution in [0.5, 0.6) is 0 Å². The maximum absolute atomic E-state index is 5.61. The van der Waals surface area contributed by atoms with Crippen molar-refractivity contribution in [2.45, 2.75) is 45.7 Å². The molecule has 1 atom stereocenters. The van der Waals surface area contributed by atoms with E-state index in [1.165, 1.54) is 17.1 Å². The molecule has 3 N–H and O–H groups in total. The van der Waals surface area contributed by atoms with E-state index in [9.17, 15) is 0 Å². The van der Waals surface area contributed by atoms with Crippen LogP contribution >= 0.6 is 11.5 Å². The number of nitrogens with zero attached hydrogens (tertiary/aromatic N) is 2. The lowest BCUT2D eigenvalue weighted by molar-refractivity contribution is 0.555. The van der Waals surface area contributed by atoms with E-state index in [1.54, 1.807) is 0 Å². The third-order valence-corrected chi connectivity index (χ3v) is 3.80. The summed E-state index contributed by atoms with van der Waals surface area (Å²) in [6.07, 6.45) is 0. The molecule has 2 aromatic rings. The molecule has 0 saturated carbocycles. The largest absolute Gasteiger partial charge is 0.354 e. The highest BCUT2D eigenvalue weighted by molar-refractivity contribution is 7.09. The number of rotatable bonds is 4. The first-order valence-electron chi connectivity index (χ1n) is 6.80. The van der Waals surface area contributed by atoms with Gasteiger partial charge in [0, 0.05) is 23.5 Å². The fraction of sp³-hybridized carbons (Fsp3) is 0.467. The second-order valence-electron chi connectivity index (χ2n) is 5.98. The summed E-state index contributed by atoms with van der Waals surface area (Å²) >= 11 is 1.41. The first-order chi connectivity index (χ1) is 9.40. The van der Waals surface area contributed by atoms with Gasteiger partial charge in [-0.3, -0.25) is 0 Å². The Morgan fingerprint density at radius 3 is 2.40 bits per heavy atom. The maximum Gasteiger partial charge on any atom is 0.203 e. The van der Waals surface area contributed by atoms with Crippen LogP contribution in [0.2, 0.25) is 0 Å². The van der Waals surface area contributed by atoms with Gasteiger partial charge < -0.3 is 11.1 Å². The van der Waals surface area contributed by atoms with E-state index in [0.29, 0.717) is 6.54 Å². The Hall–Kier alpha value is -1.46. The number of hydrogen-bond donors (Lipinski definition) is 2. The molecule has 4 nitrogen and oxygen atoms in total. The highest BCUT2D eigenvalue weighted by Crippen LogP contribution is 2.25. The van der Waals surface area contributed by atoms with Crippen molar-refractivity contribution in [1.29, 1.82) is 0 Å². The molecule has 0 bridgehead atoms. The summed E-state index contributed by atoms with van der Waals surface area (Å²) in [6, 6.07) is 8.53. The molecule has 0 spiro atoms. The van der Waals surface area contributed by atoms with Crippen LogP contribution in [0.3, 0.4) is 0 Å². The number of hydrogen-bond acceptors (Lipinski definition) is 5. The summed E-state index contributed by atoms with van der Waals surface area (Å²) in [5.74, 6) is 0.885. The van der Waals surface area contributed by atoms with Crippen LogP contribution in [0.4, 0.5) is 5.13 Å². The highest BCUT2D eigenvalue weighted by atomic mass is 32.1. The molecular formula is C15H22N4S. The molecule has 0 fully saturated rings. The normalized spacial score (nSPS) is 13.2. The molecule has 0 aliphatic heterocycles. The van der Waals surface area contributed by atoms with Crippen LogP contribution in [0.1, 0.15) is 50.7 Å². The molecule has 1 unspecified atom stereocenters. The van der Waals surface area contributed by atoms with Crippen molar-refractivity contribution in [2.75, 3.05) is 5.32 Å². The lowest BCUT2D eigenvalue weighted by Crippen LogP contribution is -2.13. The fourth-order valence-corrected chi connectivity index (χ4v) is 2.64. The quantitative estimate of drug-likeness (QED) is 0.905. The Balaban J connectivity index is 2.07. The minimum atomic E-state index is -0.0115. The molecule has 0 aliphatic rings. The molecular weight excluding hydrogens is 268 g/mol. The second-order valence-corrected chi connectivity index (χ2v) is 6.74. The van der Waals surface area contributed by atoms with Crippen LogP contribution in [-0.4, -0.2) is 9.36 Å². The zero-order chi connectivity index (χ0) is 14.8. The summed E-state index contributed by atoms with van der Waals surface area (Å²) in [5.41, 5.74) is 7.96. The van der Waals surface area contributed by atoms with Gasteiger partial charge in [-0.2, -0.15) is 4.37 Å². The molecule has 5 heteroatoms. The van der Waals surface area contributed by atoms with Crippen molar-refractivity contribution in [3.63, 3.8) is 0 Å². The van der Waals surface area contributed by atoms with Crippen molar-refractivity contribution in [3.8, 4) is 0 Å². The molecule has 1 aromatic heterocycles. The van der Waals surface area contributed by atoms with Crippen LogP contribution < -0.4 is 11.1 Å². The lowest BCUT2D eigenvalue weighted by atomic mass is 9.96. The molecule has 1 heterocycles. The molecule has 20 heavy (non-hydrogen) atoms. The van der Waals surface area contributed by atoms with Crippen LogP contribution in [0, 0.1) is 0 Å². The highest BCUT2D eigenvalue weighted by Gasteiger charge is 2.20. The van der Waals surface area contributed by atoms with Crippen molar-refractivity contribution >= 4 is 16.7 Å². The van der Waals surface area contributed by atoms with Gasteiger partial charge in [0.2, 0.25) is 5.13 Å². The Morgan fingerprint density at radius 1 is 1.25 bits per heavy atom. The predicted octanol–water partition coefficient (Wildman–Crippen LogP) is 3.47. The van der Waals surface area contributed by atoms with Gasteiger partial charge in [-0.25, -0.2) is 4.98 Å². The number of nitrogens with two attached hydrogens (primary N) is 1. The summed E-state index contributed by atoms with van der Waals surface area (Å²) in [5, 5.41) is 4.27. The van der Waals surface area contributed by atoms with E-state index in [4.69, 9.17) is 5.73 Å². The predicted molar refractivity (Wildman–Crippen MR) is 85.0 cm³/mol. The summed E-state index contributed by atoms with van der Waals surface area (Å²) in [6.45, 7) is 9.05. The molecule has 1 aromatic carbocycles. The van der Waals surface area contributed by atoms with Gasteiger partial charge in [-0.05, 0) is 18.1 Å². The standard InChI is InChI=1S/C15H22N4S/c1-10(12-7-5-11(9-16)6-8-12)17-14-18-13(19-20-14)15(2,3)4/h5-8,10H,9,16H2,1-4H3,(H,17,18,19). The zero-order valence-corrected chi connectivity index (χ0v) is 13.3. The smallest absolute Gasteiger partial charge is 0.203 e. The van der Waals surface area contributed by atoms with Crippen LogP contribution in [0.25, 0.3) is 0 Å². The summed E-state index contributed by atoms with van der Waals surface area (Å²) in [7, 11) is 0. The Labute approximate surface area is 124 Å². The molecule has 0 amide bonds. The Kier molecular flexibility index (Phi) is 4.40. The molecule has 108 valence electrons. The van der Waals surface area contributed by atoms with Gasteiger partial charge in [0.25, 0.3) is 0 Å². The molecule has 0 aliphatic carbocycles. The van der Waals surface area contributed by atoms with Gasteiger partial charge in [0.1, 0.15) is 5.82 Å². The third-order valence-electron chi connectivity index (χ3n) is 3.15. The van der Waals surface area contributed by atoms with Crippen molar-refractivity contribution in [1.82, 2.24) is 9.36 Å². The average molecular weight is 290 g/mol. The van der Waals surface area contributed by atoms with Crippen molar-refractivity contribution in [3.05, 3.63) is 41.2 Å². The number of aromatic nitrogens is 2. The van der Waals surface area contributed by atoms with Crippen molar-refractivity contribution in [2.24, 2.45) is 5.73 Å². The average Bonchev–Trinajstić information content (AvgIpc) is 2.87. The minimum Gasteiger partial charge on any atom is -0.354 e. The summed E-state index contributed by atoms with van der Waals surface area (Å²) < 4.78 is 4.41. The van der Waals surface area contributed by atoms with Crippen LogP contribution in [-0.2, 0) is 12.0 Å². The van der Waals surface area contributed by atoms with Crippen LogP contribution in [0.15, 0.2) is 24.3 Å². The third kappa shape index (κ3) is 3.55. The van der Waals surface area contributed by atoms with Gasteiger partial charge in [-0.15, -0.1) is 0 Å². The number of benzene rings is 1. The molecule has 0 radical (unpaired) electrons. The number of anilines is 1. The zero-order valence-electron chi connectivity index (χ0n) is 12.5. The van der Waals surface area contributed by atoms with Gasteiger partial charge in [-0.1, -0.05) is 45.0 Å². The molecule has 2 rings (SSSR count). The summed E-state index contributed by atoms with van der Waals surface area (Å²) in [4.78, 5) is 4.56. The lowest BCUT2D eigenvalue weighted by Gasteiger charge is -2.14. The van der Waals surface area contributed by atoms with E-state index in [0.717, 1.165) is 16.5 Å². The van der Waals surface area contributed by atoms with E-state index in [2.05, 4.69) is 66.6 Å². The monoisotopic (exact) mass is 290 g/mol. The van der Waals surface area contributed by atoms with Gasteiger partial charge in [0.15, 0.2) is 0 Å². The van der Waals surface area contributed by atoms with Gasteiger partial charge in [0.05, 0.1) is 6.04 Å². The molecule has 0 saturated heterocycles. The van der Waals surface area contributed by atoms with E-state index in [-0.39, 0.29) is 11.5 Å². The topological polar surface area (TPSA) is 63.8 Å². The first kappa shape index (κ1) is 14.9. The number of nitrogens with one attached hydrogen (secondary N) is 1. The van der Waals surface area contributed by atoms with Crippen molar-refractivity contribution < 1.29 is 0 Å². The first-order valence-corrected chi connectivity index (χ1v) is 7.57. The fourth-order valence-electron chi connectivity index (χ4n) is 1.80. The van der Waals surface area contributed by atoms with Gasteiger partial charge >= 0.3 is 0 Å². The van der Waals surface area contributed by atoms with E-state index >= 15 is 0 Å². The van der Waals surface area contributed by atoms with E-state index in [1.807, 2.05) is 0 Å². The van der Waals surface area contributed by atoms with E-state index < -0.39 is 0 Å². The maximum atomic E-state index is 5.61. The Bertz CT molecular complexity index is 554.